The predicted octanol–water partition coefficient (Wildman–Crippen LogP) is 6.60. The van der Waals surface area contributed by atoms with Crippen LogP contribution in [0.15, 0.2) is 133 Å². The molecule has 0 aliphatic heterocycles. The van der Waals surface area contributed by atoms with Crippen molar-refractivity contribution in [3.63, 3.8) is 0 Å². The fourth-order valence-electron chi connectivity index (χ4n) is 5.31. The molecule has 0 spiro atoms. The van der Waals surface area contributed by atoms with Crippen LogP contribution in [0.3, 0.4) is 0 Å². The summed E-state index contributed by atoms with van der Waals surface area (Å²) in [5, 5.41) is 33.4. The lowest BCUT2D eigenvalue weighted by atomic mass is 10.0. The molecule has 0 amide bonds. The first kappa shape index (κ1) is 34.1. The highest BCUT2D eigenvalue weighted by Gasteiger charge is 2.23. The van der Waals surface area contributed by atoms with Gasteiger partial charge >= 0.3 is 5.69 Å². The van der Waals surface area contributed by atoms with Crippen molar-refractivity contribution in [1.29, 1.82) is 0 Å². The van der Waals surface area contributed by atoms with Crippen LogP contribution in [0.5, 0.6) is 17.2 Å². The van der Waals surface area contributed by atoms with Crippen molar-refractivity contribution in [3.8, 4) is 17.2 Å². The van der Waals surface area contributed by atoms with Crippen molar-refractivity contribution in [1.82, 2.24) is 4.90 Å². The first-order chi connectivity index (χ1) is 23.5. The standard InChI is InChI=1S/C39H40N2O7/c42-26-34(22-30-16-18-36(19-17-30)46-27-32-12-6-2-7-13-32)40(24-31-10-4-1-5-11-31)25-35(43)29-47-37-20-21-39(38(23-37)41(44)45)48-28-33-14-8-3-9-15-33/h1-21,23,34-35,42-43H,22,24-29H2/t34-,35-/m0/s1. The molecule has 5 aromatic carbocycles. The summed E-state index contributed by atoms with van der Waals surface area (Å²) in [5.74, 6) is 1.14. The molecule has 0 radical (unpaired) electrons. The molecule has 0 fully saturated rings. The number of ether oxygens (including phenoxy) is 3. The molecule has 9 heteroatoms. The monoisotopic (exact) mass is 648 g/mol. The lowest BCUT2D eigenvalue weighted by molar-refractivity contribution is -0.386. The summed E-state index contributed by atoms with van der Waals surface area (Å²) < 4.78 is 17.5. The maximum absolute atomic E-state index is 11.8. The van der Waals surface area contributed by atoms with Crippen LogP contribution in [-0.4, -0.2) is 51.9 Å². The Hall–Kier alpha value is -5.22. The van der Waals surface area contributed by atoms with Crippen LogP contribution in [0, 0.1) is 10.1 Å². The van der Waals surface area contributed by atoms with Gasteiger partial charge in [0.1, 0.15) is 37.4 Å². The van der Waals surface area contributed by atoms with Crippen molar-refractivity contribution >= 4 is 5.69 Å². The van der Waals surface area contributed by atoms with Crippen LogP contribution < -0.4 is 14.2 Å². The van der Waals surface area contributed by atoms with Crippen molar-refractivity contribution in [2.45, 2.75) is 38.3 Å². The van der Waals surface area contributed by atoms with Gasteiger partial charge in [0.05, 0.1) is 17.6 Å². The second kappa shape index (κ2) is 17.6. The maximum Gasteiger partial charge on any atom is 0.314 e. The van der Waals surface area contributed by atoms with Gasteiger partial charge in [-0.15, -0.1) is 0 Å². The average Bonchev–Trinajstić information content (AvgIpc) is 3.13. The van der Waals surface area contributed by atoms with Crippen molar-refractivity contribution in [2.24, 2.45) is 0 Å². The fourth-order valence-corrected chi connectivity index (χ4v) is 5.31. The van der Waals surface area contributed by atoms with Crippen LogP contribution in [0.4, 0.5) is 5.69 Å². The molecule has 0 aliphatic rings. The molecule has 0 heterocycles. The molecule has 0 unspecified atom stereocenters. The quantitative estimate of drug-likeness (QED) is 0.0808. The van der Waals surface area contributed by atoms with E-state index in [1.54, 1.807) is 6.07 Å². The van der Waals surface area contributed by atoms with E-state index in [0.29, 0.717) is 19.6 Å². The molecule has 0 bridgehead atoms. The first-order valence-electron chi connectivity index (χ1n) is 15.9. The summed E-state index contributed by atoms with van der Waals surface area (Å²) in [4.78, 5) is 13.3. The minimum atomic E-state index is -0.940. The summed E-state index contributed by atoms with van der Waals surface area (Å²) in [6.45, 7) is 1.15. The van der Waals surface area contributed by atoms with Crippen LogP contribution in [-0.2, 0) is 26.2 Å². The van der Waals surface area contributed by atoms with Gasteiger partial charge in [0.2, 0.25) is 0 Å². The van der Waals surface area contributed by atoms with E-state index in [0.717, 1.165) is 28.0 Å². The smallest absolute Gasteiger partial charge is 0.314 e. The summed E-state index contributed by atoms with van der Waals surface area (Å²) in [5.41, 5.74) is 3.81. The zero-order chi connectivity index (χ0) is 33.6. The fraction of sp³-hybridized carbons (Fsp3) is 0.231. The number of hydrogen-bond acceptors (Lipinski definition) is 8. The van der Waals surface area contributed by atoms with Gasteiger partial charge in [-0.3, -0.25) is 15.0 Å². The number of aliphatic hydroxyl groups excluding tert-OH is 2. The van der Waals surface area contributed by atoms with Gasteiger partial charge < -0.3 is 24.4 Å². The molecular formula is C39H40N2O7. The van der Waals surface area contributed by atoms with Crippen LogP contribution >= 0.6 is 0 Å². The highest BCUT2D eigenvalue weighted by atomic mass is 16.6. The van der Waals surface area contributed by atoms with Gasteiger partial charge in [-0.25, -0.2) is 0 Å². The third kappa shape index (κ3) is 10.4. The van der Waals surface area contributed by atoms with Crippen molar-refractivity contribution in [2.75, 3.05) is 19.8 Å². The van der Waals surface area contributed by atoms with E-state index in [4.69, 9.17) is 14.2 Å². The highest BCUT2D eigenvalue weighted by molar-refractivity contribution is 5.51. The van der Waals surface area contributed by atoms with Gasteiger partial charge in [-0.1, -0.05) is 103 Å². The van der Waals surface area contributed by atoms with Gasteiger partial charge in [-0.05, 0) is 52.9 Å². The number of nitrogens with zero attached hydrogens (tertiary/aromatic N) is 2. The number of benzene rings is 5. The average molecular weight is 649 g/mol. The second-order valence-electron chi connectivity index (χ2n) is 11.5. The molecule has 0 saturated heterocycles. The molecular weight excluding hydrogens is 608 g/mol. The Balaban J connectivity index is 1.21. The van der Waals surface area contributed by atoms with E-state index in [1.807, 2.05) is 120 Å². The molecule has 0 saturated carbocycles. The Morgan fingerprint density at radius 3 is 1.81 bits per heavy atom. The lowest BCUT2D eigenvalue weighted by Crippen LogP contribution is -2.44. The zero-order valence-corrected chi connectivity index (χ0v) is 26.6. The van der Waals surface area contributed by atoms with Crippen LogP contribution in [0.2, 0.25) is 0 Å². The molecule has 2 atom stereocenters. The minimum Gasteiger partial charge on any atom is -0.491 e. The summed E-state index contributed by atoms with van der Waals surface area (Å²) in [6, 6.07) is 41.2. The van der Waals surface area contributed by atoms with Crippen molar-refractivity contribution in [3.05, 3.63) is 166 Å². The molecule has 0 aliphatic carbocycles. The normalized spacial score (nSPS) is 12.3. The third-order valence-corrected chi connectivity index (χ3v) is 7.85. The van der Waals surface area contributed by atoms with E-state index >= 15 is 0 Å². The maximum atomic E-state index is 11.8. The molecule has 2 N–H and O–H groups in total. The highest BCUT2D eigenvalue weighted by Crippen LogP contribution is 2.32. The van der Waals surface area contributed by atoms with Gasteiger partial charge in [0.15, 0.2) is 5.75 Å². The van der Waals surface area contributed by atoms with E-state index in [9.17, 15) is 20.3 Å². The van der Waals surface area contributed by atoms with E-state index in [2.05, 4.69) is 0 Å². The van der Waals surface area contributed by atoms with Crippen LogP contribution in [0.1, 0.15) is 22.3 Å². The summed E-state index contributed by atoms with van der Waals surface area (Å²) in [7, 11) is 0. The van der Waals surface area contributed by atoms with Crippen molar-refractivity contribution < 1.29 is 29.3 Å². The second-order valence-corrected chi connectivity index (χ2v) is 11.5. The Morgan fingerprint density at radius 2 is 1.23 bits per heavy atom. The van der Waals surface area contributed by atoms with E-state index < -0.39 is 11.0 Å². The zero-order valence-electron chi connectivity index (χ0n) is 26.6. The largest absolute Gasteiger partial charge is 0.491 e. The summed E-state index contributed by atoms with van der Waals surface area (Å²) in [6.07, 6.45) is -0.392. The molecule has 0 aromatic heterocycles. The Kier molecular flexibility index (Phi) is 12.5. The molecule has 5 rings (SSSR count). The molecule has 5 aromatic rings. The number of hydrogen-bond donors (Lipinski definition) is 2. The van der Waals surface area contributed by atoms with Gasteiger partial charge in [0, 0.05) is 19.1 Å². The van der Waals surface area contributed by atoms with Gasteiger partial charge in [0.25, 0.3) is 0 Å². The lowest BCUT2D eigenvalue weighted by Gasteiger charge is -2.32. The van der Waals surface area contributed by atoms with Crippen LogP contribution in [0.25, 0.3) is 0 Å². The van der Waals surface area contributed by atoms with E-state index in [-0.39, 0.29) is 49.6 Å². The topological polar surface area (TPSA) is 115 Å². The first-order valence-corrected chi connectivity index (χ1v) is 15.9. The minimum absolute atomic E-state index is 0.0989. The number of rotatable bonds is 18. The Morgan fingerprint density at radius 1 is 0.667 bits per heavy atom. The molecule has 48 heavy (non-hydrogen) atoms. The number of aliphatic hydroxyl groups is 2. The molecule has 9 nitrogen and oxygen atoms in total. The Bertz CT molecular complexity index is 1690. The number of nitro benzene ring substituents is 1. The third-order valence-electron chi connectivity index (χ3n) is 7.85. The Labute approximate surface area is 280 Å². The molecule has 248 valence electrons. The number of nitro groups is 1. The predicted molar refractivity (Wildman–Crippen MR) is 184 cm³/mol. The SMILES string of the molecule is O=[N+]([O-])c1cc(OC[C@@H](O)CN(Cc2ccccc2)[C@H](CO)Cc2ccc(OCc3ccccc3)cc2)ccc1OCc1ccccc1. The van der Waals surface area contributed by atoms with E-state index in [1.165, 1.54) is 12.1 Å². The summed E-state index contributed by atoms with van der Waals surface area (Å²) >= 11 is 0. The van der Waals surface area contributed by atoms with Gasteiger partial charge in [-0.2, -0.15) is 0 Å².